The molecule has 3 atom stereocenters. The van der Waals surface area contributed by atoms with E-state index < -0.39 is 17.6 Å². The first-order valence-electron chi connectivity index (χ1n) is 11.9. The lowest BCUT2D eigenvalue weighted by Gasteiger charge is -2.32. The van der Waals surface area contributed by atoms with Crippen LogP contribution in [0.4, 0.5) is 11.4 Å². The Balaban J connectivity index is 1.94. The number of nitrogens with two attached hydrogens (primary N) is 1. The number of nitrogens with one attached hydrogen (secondary N) is 1. The quantitative estimate of drug-likeness (QED) is 0.439. The number of rotatable bonds is 11. The molecule has 0 fully saturated rings. The number of aliphatic hydroxyl groups is 1. The molecule has 4 N–H and O–H groups in total. The molecular weight excluding hydrogens is 420 g/mol. The van der Waals surface area contributed by atoms with Crippen molar-refractivity contribution in [2.24, 2.45) is 17.1 Å². The zero-order valence-corrected chi connectivity index (χ0v) is 20.6. The number of para-hydroxylation sites is 2. The third-order valence-electron chi connectivity index (χ3n) is 6.21. The minimum atomic E-state index is -0.841. The molecule has 1 aromatic carbocycles. The van der Waals surface area contributed by atoms with Gasteiger partial charge in [0, 0.05) is 31.8 Å². The molecule has 0 saturated carbocycles. The van der Waals surface area contributed by atoms with Crippen LogP contribution in [-0.2, 0) is 14.4 Å². The van der Waals surface area contributed by atoms with E-state index in [1.54, 1.807) is 16.7 Å². The number of carbonyl (C=O) groups excluding carboxylic acids is 3. The minimum absolute atomic E-state index is 0.0770. The van der Waals surface area contributed by atoms with Crippen molar-refractivity contribution in [2.75, 3.05) is 23.0 Å². The van der Waals surface area contributed by atoms with E-state index in [9.17, 15) is 19.5 Å². The zero-order chi connectivity index (χ0) is 24.8. The van der Waals surface area contributed by atoms with Crippen molar-refractivity contribution in [3.05, 3.63) is 24.3 Å². The predicted molar refractivity (Wildman–Crippen MR) is 131 cm³/mol. The summed E-state index contributed by atoms with van der Waals surface area (Å²) in [5.41, 5.74) is 7.27. The molecule has 1 heterocycles. The van der Waals surface area contributed by atoms with Gasteiger partial charge in [-0.2, -0.15) is 0 Å². The van der Waals surface area contributed by atoms with Gasteiger partial charge in [-0.05, 0) is 36.8 Å². The molecule has 8 nitrogen and oxygen atoms in total. The number of hydrogen-bond acceptors (Lipinski definition) is 5. The predicted octanol–water partition coefficient (Wildman–Crippen LogP) is 2.78. The van der Waals surface area contributed by atoms with Crippen LogP contribution < -0.4 is 20.9 Å². The summed E-state index contributed by atoms with van der Waals surface area (Å²) in [5, 5.41) is 13.5. The smallest absolute Gasteiger partial charge is 0.229 e. The van der Waals surface area contributed by atoms with Gasteiger partial charge in [0.15, 0.2) is 0 Å². The first-order chi connectivity index (χ1) is 15.5. The van der Waals surface area contributed by atoms with Crippen LogP contribution in [0.2, 0.25) is 0 Å². The summed E-state index contributed by atoms with van der Waals surface area (Å²) in [7, 11) is 0. The lowest BCUT2D eigenvalue weighted by Crippen LogP contribution is -2.43. The van der Waals surface area contributed by atoms with E-state index >= 15 is 0 Å². The highest BCUT2D eigenvalue weighted by atomic mass is 16.3. The molecule has 1 aliphatic rings. The van der Waals surface area contributed by atoms with E-state index in [4.69, 9.17) is 5.73 Å². The topological polar surface area (TPSA) is 116 Å². The second kappa shape index (κ2) is 11.6. The van der Waals surface area contributed by atoms with Gasteiger partial charge < -0.3 is 16.2 Å². The fraction of sp³-hybridized carbons (Fsp3) is 0.640. The van der Waals surface area contributed by atoms with Crippen LogP contribution in [0.25, 0.3) is 0 Å². The lowest BCUT2D eigenvalue weighted by molar-refractivity contribution is -0.125. The molecule has 0 bridgehead atoms. The van der Waals surface area contributed by atoms with Crippen LogP contribution in [0.3, 0.4) is 0 Å². The summed E-state index contributed by atoms with van der Waals surface area (Å²) in [5.74, 6) is -0.630. The third-order valence-corrected chi connectivity index (χ3v) is 6.21. The number of nitrogens with zero attached hydrogens (tertiary/aromatic N) is 2. The Kier molecular flexibility index (Phi) is 9.43. The maximum atomic E-state index is 13.2. The Morgan fingerprint density at radius 1 is 1.18 bits per heavy atom. The largest absolute Gasteiger partial charge is 0.391 e. The Bertz CT molecular complexity index is 841. The number of amides is 3. The number of anilines is 2. The average Bonchev–Trinajstić information content (AvgIpc) is 3.13. The third kappa shape index (κ3) is 7.27. The minimum Gasteiger partial charge on any atom is -0.391 e. The Labute approximate surface area is 197 Å². The lowest BCUT2D eigenvalue weighted by atomic mass is 9.80. The normalized spacial score (nSPS) is 16.2. The van der Waals surface area contributed by atoms with Crippen molar-refractivity contribution in [2.45, 2.75) is 78.9 Å². The molecule has 8 heteroatoms. The summed E-state index contributed by atoms with van der Waals surface area (Å²) < 4.78 is 0. The van der Waals surface area contributed by atoms with Gasteiger partial charge in [-0.3, -0.25) is 24.2 Å². The highest BCUT2D eigenvalue weighted by Crippen LogP contribution is 2.38. The summed E-state index contributed by atoms with van der Waals surface area (Å²) in [6, 6.07) is 6.81. The van der Waals surface area contributed by atoms with Gasteiger partial charge in [0.2, 0.25) is 17.7 Å². The number of carbonyl (C=O) groups is 3. The molecule has 0 aromatic heterocycles. The average molecular weight is 461 g/mol. The van der Waals surface area contributed by atoms with E-state index in [0.717, 1.165) is 24.2 Å². The molecule has 0 saturated heterocycles. The monoisotopic (exact) mass is 460 g/mol. The van der Waals surface area contributed by atoms with Crippen molar-refractivity contribution >= 4 is 29.1 Å². The Morgan fingerprint density at radius 2 is 1.79 bits per heavy atom. The molecule has 0 spiro atoms. The maximum absolute atomic E-state index is 13.2. The van der Waals surface area contributed by atoms with Crippen molar-refractivity contribution in [1.29, 1.82) is 0 Å². The van der Waals surface area contributed by atoms with Gasteiger partial charge in [-0.25, -0.2) is 0 Å². The molecule has 2 rings (SSSR count). The van der Waals surface area contributed by atoms with Crippen molar-refractivity contribution in [1.82, 2.24) is 5.32 Å². The molecule has 0 radical (unpaired) electrons. The second-order valence-electron chi connectivity index (χ2n) is 9.96. The maximum Gasteiger partial charge on any atom is 0.229 e. The fourth-order valence-corrected chi connectivity index (χ4v) is 4.25. The molecule has 33 heavy (non-hydrogen) atoms. The van der Waals surface area contributed by atoms with Gasteiger partial charge in [0.25, 0.3) is 0 Å². The van der Waals surface area contributed by atoms with Crippen molar-refractivity contribution in [3.8, 4) is 0 Å². The summed E-state index contributed by atoms with van der Waals surface area (Å²) in [4.78, 5) is 40.6. The molecule has 3 amide bonds. The number of hydrogen-bond donors (Lipinski definition) is 3. The Morgan fingerprint density at radius 3 is 2.36 bits per heavy atom. The molecule has 0 unspecified atom stereocenters. The first kappa shape index (κ1) is 26.8. The molecule has 184 valence electrons. The number of benzene rings is 1. The van der Waals surface area contributed by atoms with Gasteiger partial charge in [0.1, 0.15) is 6.67 Å². The Hall–Kier alpha value is -2.45. The van der Waals surface area contributed by atoms with E-state index in [-0.39, 0.29) is 43.1 Å². The SMILES string of the molecule is CCCCNC(=O)[C@H](C)C[C@H](O)[C@@H](N)CC(C)(C)CC(=O)N1CN(C(C)=O)c2ccccc21. The fourth-order valence-electron chi connectivity index (χ4n) is 4.25. The molecular formula is C25H40N4O4. The van der Waals surface area contributed by atoms with E-state index in [1.807, 2.05) is 38.1 Å². The van der Waals surface area contributed by atoms with Crippen LogP contribution in [0.15, 0.2) is 24.3 Å². The molecule has 1 aliphatic heterocycles. The summed E-state index contributed by atoms with van der Waals surface area (Å²) >= 11 is 0. The summed E-state index contributed by atoms with van der Waals surface area (Å²) in [6.45, 7) is 10.1. The standard InChI is InChI=1S/C25H40N4O4/c1-6-7-12-27-24(33)17(2)13-22(31)19(26)14-25(4,5)15-23(32)29-16-28(18(3)30)20-10-8-9-11-21(20)29/h8-11,17,19,22,31H,6-7,12-16,26H2,1-5H3,(H,27,33)/t17-,19+,22+/m1/s1. The van der Waals surface area contributed by atoms with Crippen LogP contribution in [0.1, 0.15) is 66.7 Å². The number of unbranched alkanes of at least 4 members (excludes halogenated alkanes) is 1. The zero-order valence-electron chi connectivity index (χ0n) is 20.6. The van der Waals surface area contributed by atoms with E-state index in [2.05, 4.69) is 12.2 Å². The van der Waals surface area contributed by atoms with Crippen LogP contribution >= 0.6 is 0 Å². The first-order valence-corrected chi connectivity index (χ1v) is 11.9. The van der Waals surface area contributed by atoms with Crippen molar-refractivity contribution in [3.63, 3.8) is 0 Å². The van der Waals surface area contributed by atoms with Gasteiger partial charge >= 0.3 is 0 Å². The van der Waals surface area contributed by atoms with E-state index in [0.29, 0.717) is 13.0 Å². The van der Waals surface area contributed by atoms with Gasteiger partial charge in [-0.1, -0.05) is 46.2 Å². The van der Waals surface area contributed by atoms with Crippen molar-refractivity contribution < 1.29 is 19.5 Å². The van der Waals surface area contributed by atoms with Crippen LogP contribution in [-0.4, -0.2) is 48.2 Å². The molecule has 1 aromatic rings. The highest BCUT2D eigenvalue weighted by Gasteiger charge is 2.36. The number of aliphatic hydroxyl groups excluding tert-OH is 1. The highest BCUT2D eigenvalue weighted by molar-refractivity contribution is 6.06. The number of fused-ring (bicyclic) bond motifs is 1. The molecule has 0 aliphatic carbocycles. The van der Waals surface area contributed by atoms with Gasteiger partial charge in [0.05, 0.1) is 17.5 Å². The van der Waals surface area contributed by atoms with E-state index in [1.165, 1.54) is 6.92 Å². The van der Waals surface area contributed by atoms with Crippen LogP contribution in [0.5, 0.6) is 0 Å². The van der Waals surface area contributed by atoms with Gasteiger partial charge in [-0.15, -0.1) is 0 Å². The van der Waals surface area contributed by atoms with Crippen LogP contribution in [0, 0.1) is 11.3 Å². The summed E-state index contributed by atoms with van der Waals surface area (Å²) in [6.07, 6.45) is 2.01. The second-order valence-corrected chi connectivity index (χ2v) is 9.96.